The van der Waals surface area contributed by atoms with Crippen molar-refractivity contribution in [3.63, 3.8) is 0 Å². The number of hydrogen-bond acceptors (Lipinski definition) is 6. The summed E-state index contributed by atoms with van der Waals surface area (Å²) in [6, 6.07) is 5.20. The molecular formula is C18H21ClN4O4. The Morgan fingerprint density at radius 1 is 1.33 bits per heavy atom. The quantitative estimate of drug-likeness (QED) is 0.667. The van der Waals surface area contributed by atoms with E-state index in [-0.39, 0.29) is 24.9 Å². The summed E-state index contributed by atoms with van der Waals surface area (Å²) in [5.74, 6) is 0.700. The number of benzene rings is 1. The molecule has 2 amide bonds. The Hall–Kier alpha value is -2.61. The highest BCUT2D eigenvalue weighted by Crippen LogP contribution is 2.38. The average Bonchev–Trinajstić information content (AvgIpc) is 3.37. The van der Waals surface area contributed by atoms with E-state index in [1.807, 2.05) is 6.92 Å². The van der Waals surface area contributed by atoms with Crippen LogP contribution in [0.4, 0.5) is 0 Å². The first-order valence-corrected chi connectivity index (χ1v) is 9.14. The monoisotopic (exact) mass is 392 g/mol. The maximum Gasteiger partial charge on any atom is 0.315 e. The third-order valence-corrected chi connectivity index (χ3v) is 4.33. The minimum atomic E-state index is -0.683. The van der Waals surface area contributed by atoms with E-state index in [1.54, 1.807) is 25.1 Å². The number of aromatic nitrogens is 2. The van der Waals surface area contributed by atoms with E-state index >= 15 is 0 Å². The summed E-state index contributed by atoms with van der Waals surface area (Å²) in [7, 11) is 0. The fourth-order valence-corrected chi connectivity index (χ4v) is 2.63. The maximum absolute atomic E-state index is 12.1. The van der Waals surface area contributed by atoms with Crippen LogP contribution in [0.5, 0.6) is 5.75 Å². The second kappa shape index (κ2) is 8.39. The van der Waals surface area contributed by atoms with Crippen LogP contribution in [-0.4, -0.2) is 41.1 Å². The van der Waals surface area contributed by atoms with Gasteiger partial charge < -0.3 is 19.9 Å². The second-order valence-electron chi connectivity index (χ2n) is 6.45. The SMILES string of the molecule is Cc1cc(Cl)ccc1OC(C)C(=O)NCCNC(=O)c1nc(C2CC2)no1. The summed E-state index contributed by atoms with van der Waals surface area (Å²) in [5.41, 5.74) is 0.847. The van der Waals surface area contributed by atoms with Crippen LogP contribution in [0, 0.1) is 6.92 Å². The number of aryl methyl sites for hydroxylation is 1. The average molecular weight is 393 g/mol. The van der Waals surface area contributed by atoms with Gasteiger partial charge in [0.15, 0.2) is 11.9 Å². The lowest BCUT2D eigenvalue weighted by Gasteiger charge is -2.16. The van der Waals surface area contributed by atoms with Crippen molar-refractivity contribution in [2.45, 2.75) is 38.7 Å². The van der Waals surface area contributed by atoms with Gasteiger partial charge in [-0.15, -0.1) is 0 Å². The fraction of sp³-hybridized carbons (Fsp3) is 0.444. The summed E-state index contributed by atoms with van der Waals surface area (Å²) in [6.07, 6.45) is 1.38. The third-order valence-electron chi connectivity index (χ3n) is 4.10. The van der Waals surface area contributed by atoms with Crippen LogP contribution in [0.25, 0.3) is 0 Å². The molecule has 8 nitrogen and oxygen atoms in total. The molecule has 1 aliphatic carbocycles. The summed E-state index contributed by atoms with van der Waals surface area (Å²) < 4.78 is 10.6. The molecule has 0 bridgehead atoms. The van der Waals surface area contributed by atoms with Gasteiger partial charge in [-0.25, -0.2) is 0 Å². The van der Waals surface area contributed by atoms with E-state index < -0.39 is 12.0 Å². The van der Waals surface area contributed by atoms with Gasteiger partial charge in [-0.3, -0.25) is 9.59 Å². The number of carbonyl (C=O) groups excluding carboxylic acids is 2. The number of nitrogens with one attached hydrogen (secondary N) is 2. The molecule has 0 radical (unpaired) electrons. The first kappa shape index (κ1) is 19.2. The Morgan fingerprint density at radius 2 is 2.07 bits per heavy atom. The van der Waals surface area contributed by atoms with Crippen LogP contribution in [0.15, 0.2) is 22.7 Å². The van der Waals surface area contributed by atoms with Gasteiger partial charge in [-0.05, 0) is 50.5 Å². The predicted molar refractivity (Wildman–Crippen MR) is 97.9 cm³/mol. The highest BCUT2D eigenvalue weighted by Gasteiger charge is 2.29. The first-order valence-electron chi connectivity index (χ1n) is 8.76. The Kier molecular flexibility index (Phi) is 5.95. The van der Waals surface area contributed by atoms with Crippen molar-refractivity contribution >= 4 is 23.4 Å². The third kappa shape index (κ3) is 5.19. The minimum absolute atomic E-state index is 0.0573. The van der Waals surface area contributed by atoms with Crippen molar-refractivity contribution in [2.75, 3.05) is 13.1 Å². The molecule has 9 heteroatoms. The maximum atomic E-state index is 12.1. The number of rotatable bonds is 8. The van der Waals surface area contributed by atoms with E-state index in [0.29, 0.717) is 22.5 Å². The van der Waals surface area contributed by atoms with Gasteiger partial charge in [0.05, 0.1) is 0 Å². The Labute approximate surface area is 161 Å². The number of ether oxygens (including phenoxy) is 1. The van der Waals surface area contributed by atoms with Crippen molar-refractivity contribution in [1.29, 1.82) is 0 Å². The number of nitrogens with zero attached hydrogens (tertiary/aromatic N) is 2. The molecule has 2 N–H and O–H groups in total. The zero-order chi connectivity index (χ0) is 19.4. The van der Waals surface area contributed by atoms with Crippen molar-refractivity contribution in [3.8, 4) is 5.75 Å². The molecule has 1 aliphatic rings. The van der Waals surface area contributed by atoms with Gasteiger partial charge in [0.1, 0.15) is 5.75 Å². The summed E-state index contributed by atoms with van der Waals surface area (Å²) in [6.45, 7) is 3.99. The molecule has 1 unspecified atom stereocenters. The number of hydrogen-bond donors (Lipinski definition) is 2. The topological polar surface area (TPSA) is 106 Å². The lowest BCUT2D eigenvalue weighted by atomic mass is 10.2. The van der Waals surface area contributed by atoms with Gasteiger partial charge >= 0.3 is 11.8 Å². The van der Waals surface area contributed by atoms with E-state index in [9.17, 15) is 9.59 Å². The molecule has 1 fully saturated rings. The second-order valence-corrected chi connectivity index (χ2v) is 6.89. The molecule has 0 spiro atoms. The van der Waals surface area contributed by atoms with E-state index in [2.05, 4.69) is 20.8 Å². The van der Waals surface area contributed by atoms with Crippen LogP contribution < -0.4 is 15.4 Å². The van der Waals surface area contributed by atoms with E-state index in [4.69, 9.17) is 20.9 Å². The minimum Gasteiger partial charge on any atom is -0.481 e. The number of halogens is 1. The molecule has 144 valence electrons. The van der Waals surface area contributed by atoms with Crippen molar-refractivity contribution in [3.05, 3.63) is 40.5 Å². The van der Waals surface area contributed by atoms with Gasteiger partial charge in [0.25, 0.3) is 5.91 Å². The molecule has 27 heavy (non-hydrogen) atoms. The van der Waals surface area contributed by atoms with E-state index in [1.165, 1.54) is 0 Å². The molecule has 3 rings (SSSR count). The molecule has 1 heterocycles. The largest absolute Gasteiger partial charge is 0.481 e. The van der Waals surface area contributed by atoms with Gasteiger partial charge in [-0.2, -0.15) is 4.98 Å². The van der Waals surface area contributed by atoms with Crippen molar-refractivity contribution in [1.82, 2.24) is 20.8 Å². The molecular weight excluding hydrogens is 372 g/mol. The molecule has 1 aromatic heterocycles. The lowest BCUT2D eigenvalue weighted by Crippen LogP contribution is -2.40. The molecule has 1 aromatic carbocycles. The standard InChI is InChI=1S/C18H21ClN4O4/c1-10-9-13(19)5-6-14(10)26-11(2)16(24)20-7-8-21-17(25)18-22-15(23-27-18)12-3-4-12/h5-6,9,11-12H,3-4,7-8H2,1-2H3,(H,20,24)(H,21,25). The van der Waals surface area contributed by atoms with Gasteiger partial charge in [-0.1, -0.05) is 16.8 Å². The first-order chi connectivity index (χ1) is 12.9. The van der Waals surface area contributed by atoms with Crippen LogP contribution in [-0.2, 0) is 4.79 Å². The fourth-order valence-electron chi connectivity index (χ4n) is 2.40. The van der Waals surface area contributed by atoms with Crippen LogP contribution in [0.1, 0.15) is 47.8 Å². The van der Waals surface area contributed by atoms with Crippen molar-refractivity contribution in [2.24, 2.45) is 0 Å². The van der Waals surface area contributed by atoms with E-state index in [0.717, 1.165) is 18.4 Å². The molecule has 2 aromatic rings. The Balaban J connectivity index is 1.38. The van der Waals surface area contributed by atoms with Crippen LogP contribution in [0.3, 0.4) is 0 Å². The molecule has 1 saturated carbocycles. The van der Waals surface area contributed by atoms with Gasteiger partial charge in [0, 0.05) is 24.0 Å². The summed E-state index contributed by atoms with van der Waals surface area (Å²) in [4.78, 5) is 28.1. The van der Waals surface area contributed by atoms with Gasteiger partial charge in [0.2, 0.25) is 0 Å². The van der Waals surface area contributed by atoms with Crippen LogP contribution in [0.2, 0.25) is 5.02 Å². The zero-order valence-corrected chi connectivity index (χ0v) is 15.9. The normalized spacial score (nSPS) is 14.5. The van der Waals surface area contributed by atoms with Crippen molar-refractivity contribution < 1.29 is 18.8 Å². The highest BCUT2D eigenvalue weighted by atomic mass is 35.5. The van der Waals surface area contributed by atoms with Crippen LogP contribution >= 0.6 is 11.6 Å². The summed E-state index contributed by atoms with van der Waals surface area (Å²) in [5, 5.41) is 9.73. The molecule has 0 saturated heterocycles. The zero-order valence-electron chi connectivity index (χ0n) is 15.1. The lowest BCUT2D eigenvalue weighted by molar-refractivity contribution is -0.127. The predicted octanol–water partition coefficient (Wildman–Crippen LogP) is 2.22. The number of carbonyl (C=O) groups is 2. The molecule has 1 atom stereocenters. The smallest absolute Gasteiger partial charge is 0.315 e. The Morgan fingerprint density at radius 3 is 2.78 bits per heavy atom. The summed E-state index contributed by atoms with van der Waals surface area (Å²) >= 11 is 5.91. The highest BCUT2D eigenvalue weighted by molar-refractivity contribution is 6.30. The molecule has 0 aliphatic heterocycles. The Bertz CT molecular complexity index is 835. The number of amides is 2.